The van der Waals surface area contributed by atoms with E-state index in [2.05, 4.69) is 0 Å². The first-order chi connectivity index (χ1) is 10.7. The number of carbonyl (C=O) groups excluding carboxylic acids is 2. The minimum absolute atomic E-state index is 0.0255. The van der Waals surface area contributed by atoms with Gasteiger partial charge in [-0.2, -0.15) is 0 Å². The molecule has 0 aromatic rings. The van der Waals surface area contributed by atoms with Gasteiger partial charge in [0.05, 0.1) is 5.92 Å². The first-order valence-corrected chi connectivity index (χ1v) is 8.17. The van der Waals surface area contributed by atoms with Crippen LogP contribution in [0.3, 0.4) is 0 Å². The zero-order chi connectivity index (χ0) is 17.2. The number of hydrogen-bond acceptors (Lipinski definition) is 4. The van der Waals surface area contributed by atoms with Crippen LogP contribution in [0.5, 0.6) is 0 Å². The lowest BCUT2D eigenvalue weighted by Gasteiger charge is -2.36. The Morgan fingerprint density at radius 3 is 1.96 bits per heavy atom. The molecule has 2 amide bonds. The van der Waals surface area contributed by atoms with Crippen molar-refractivity contribution in [3.05, 3.63) is 0 Å². The summed E-state index contributed by atoms with van der Waals surface area (Å²) in [5.74, 6) is -1.37. The van der Waals surface area contributed by atoms with Gasteiger partial charge < -0.3 is 19.6 Å². The number of carboxylic acid groups (broad SMARTS) is 1. The number of carboxylic acids is 1. The van der Waals surface area contributed by atoms with Crippen LogP contribution in [0, 0.1) is 11.8 Å². The molecule has 1 aliphatic heterocycles. The second-order valence-electron chi connectivity index (χ2n) is 7.34. The van der Waals surface area contributed by atoms with Crippen molar-refractivity contribution in [1.82, 2.24) is 9.80 Å². The first-order valence-electron chi connectivity index (χ1n) is 8.17. The van der Waals surface area contributed by atoms with Gasteiger partial charge in [0.25, 0.3) is 0 Å². The molecule has 1 N–H and O–H groups in total. The van der Waals surface area contributed by atoms with Crippen molar-refractivity contribution >= 4 is 18.0 Å². The average Bonchev–Trinajstić information content (AvgIpc) is 2.95. The molecule has 130 valence electrons. The number of aliphatic carboxylic acids is 1. The van der Waals surface area contributed by atoms with E-state index in [9.17, 15) is 14.4 Å². The molecule has 7 nitrogen and oxygen atoms in total. The predicted octanol–water partition coefficient (Wildman–Crippen LogP) is 1.57. The van der Waals surface area contributed by atoms with Gasteiger partial charge in [-0.25, -0.2) is 4.79 Å². The van der Waals surface area contributed by atoms with E-state index >= 15 is 0 Å². The SMILES string of the molecule is CC(C)(C)OC(=O)N1CCN(C(=O)[C@@H]2CC[C@H](C(=O)O)C2)CC1. The lowest BCUT2D eigenvalue weighted by Crippen LogP contribution is -2.52. The Balaban J connectivity index is 1.81. The molecule has 1 saturated carbocycles. The quantitative estimate of drug-likeness (QED) is 0.832. The Morgan fingerprint density at radius 1 is 0.957 bits per heavy atom. The fraction of sp³-hybridized carbons (Fsp3) is 0.812. The van der Waals surface area contributed by atoms with Crippen molar-refractivity contribution in [1.29, 1.82) is 0 Å². The van der Waals surface area contributed by atoms with Crippen LogP contribution in [-0.4, -0.2) is 64.7 Å². The molecule has 23 heavy (non-hydrogen) atoms. The molecule has 0 radical (unpaired) electrons. The minimum atomic E-state index is -0.810. The number of rotatable bonds is 2. The number of piperazine rings is 1. The Labute approximate surface area is 136 Å². The highest BCUT2D eigenvalue weighted by Crippen LogP contribution is 2.32. The summed E-state index contributed by atoms with van der Waals surface area (Å²) in [6.45, 7) is 7.33. The summed E-state index contributed by atoms with van der Waals surface area (Å²) in [7, 11) is 0. The highest BCUT2D eigenvalue weighted by molar-refractivity contribution is 5.81. The van der Waals surface area contributed by atoms with E-state index in [0.29, 0.717) is 45.4 Å². The highest BCUT2D eigenvalue weighted by atomic mass is 16.6. The number of ether oxygens (including phenoxy) is 1. The molecule has 0 aromatic carbocycles. The molecular formula is C16H26N2O5. The summed E-state index contributed by atoms with van der Waals surface area (Å²) in [5.41, 5.74) is -0.528. The number of hydrogen-bond donors (Lipinski definition) is 1. The fourth-order valence-electron chi connectivity index (χ4n) is 3.12. The van der Waals surface area contributed by atoms with Crippen molar-refractivity contribution < 1.29 is 24.2 Å². The van der Waals surface area contributed by atoms with Crippen molar-refractivity contribution in [2.75, 3.05) is 26.2 Å². The van der Waals surface area contributed by atoms with Gasteiger partial charge in [-0.3, -0.25) is 9.59 Å². The standard InChI is InChI=1S/C16H26N2O5/c1-16(2,3)23-15(22)18-8-6-17(7-9-18)13(19)11-4-5-12(10-11)14(20)21/h11-12H,4-10H2,1-3H3,(H,20,21)/t11-,12+/m1/s1. The number of amides is 2. The molecule has 0 spiro atoms. The van der Waals surface area contributed by atoms with Crippen LogP contribution in [-0.2, 0) is 14.3 Å². The molecule has 1 saturated heterocycles. The lowest BCUT2D eigenvalue weighted by atomic mass is 10.0. The molecule has 2 atom stereocenters. The zero-order valence-corrected chi connectivity index (χ0v) is 14.1. The largest absolute Gasteiger partial charge is 0.481 e. The van der Waals surface area contributed by atoms with Gasteiger partial charge in [0, 0.05) is 32.1 Å². The second kappa shape index (κ2) is 6.76. The van der Waals surface area contributed by atoms with E-state index in [4.69, 9.17) is 9.84 Å². The van der Waals surface area contributed by atoms with Crippen molar-refractivity contribution in [3.63, 3.8) is 0 Å². The van der Waals surface area contributed by atoms with Crippen LogP contribution in [0.1, 0.15) is 40.0 Å². The van der Waals surface area contributed by atoms with Gasteiger partial charge >= 0.3 is 12.1 Å². The monoisotopic (exact) mass is 326 g/mol. The molecule has 0 bridgehead atoms. The van der Waals surface area contributed by atoms with E-state index in [-0.39, 0.29) is 17.9 Å². The maximum absolute atomic E-state index is 12.5. The lowest BCUT2D eigenvalue weighted by molar-refractivity contribution is -0.142. The molecule has 2 rings (SSSR count). The van der Waals surface area contributed by atoms with E-state index in [1.807, 2.05) is 20.8 Å². The number of carbonyl (C=O) groups is 3. The maximum Gasteiger partial charge on any atom is 0.410 e. The van der Waals surface area contributed by atoms with Crippen molar-refractivity contribution in [2.24, 2.45) is 11.8 Å². The molecule has 1 heterocycles. The molecule has 0 aromatic heterocycles. The van der Waals surface area contributed by atoms with Gasteiger partial charge in [0.1, 0.15) is 5.60 Å². The average molecular weight is 326 g/mol. The van der Waals surface area contributed by atoms with Gasteiger partial charge in [0.2, 0.25) is 5.91 Å². The van der Waals surface area contributed by atoms with Crippen LogP contribution in [0.4, 0.5) is 4.79 Å². The Bertz CT molecular complexity index is 477. The smallest absolute Gasteiger partial charge is 0.410 e. The van der Waals surface area contributed by atoms with Crippen LogP contribution < -0.4 is 0 Å². The van der Waals surface area contributed by atoms with E-state index in [1.54, 1.807) is 9.80 Å². The topological polar surface area (TPSA) is 87.2 Å². The highest BCUT2D eigenvalue weighted by Gasteiger charge is 2.37. The summed E-state index contributed by atoms with van der Waals surface area (Å²) >= 11 is 0. The maximum atomic E-state index is 12.5. The zero-order valence-electron chi connectivity index (χ0n) is 14.1. The normalized spacial score (nSPS) is 25.3. The molecule has 7 heteroatoms. The van der Waals surface area contributed by atoms with E-state index in [1.165, 1.54) is 0 Å². The van der Waals surface area contributed by atoms with E-state index in [0.717, 1.165) is 0 Å². The summed E-state index contributed by atoms with van der Waals surface area (Å²) in [6, 6.07) is 0. The van der Waals surface area contributed by atoms with Crippen molar-refractivity contribution in [2.45, 2.75) is 45.6 Å². The van der Waals surface area contributed by atoms with E-state index < -0.39 is 17.5 Å². The summed E-state index contributed by atoms with van der Waals surface area (Å²) in [4.78, 5) is 38.8. The molecule has 0 unspecified atom stereocenters. The van der Waals surface area contributed by atoms with Crippen LogP contribution in [0.2, 0.25) is 0 Å². The predicted molar refractivity (Wildman–Crippen MR) is 82.9 cm³/mol. The molecular weight excluding hydrogens is 300 g/mol. The summed E-state index contributed by atoms with van der Waals surface area (Å²) in [5, 5.41) is 9.03. The van der Waals surface area contributed by atoms with Crippen LogP contribution >= 0.6 is 0 Å². The van der Waals surface area contributed by atoms with Gasteiger partial charge in [0.15, 0.2) is 0 Å². The number of nitrogens with zero attached hydrogens (tertiary/aromatic N) is 2. The molecule has 1 aliphatic carbocycles. The second-order valence-corrected chi connectivity index (χ2v) is 7.34. The Hall–Kier alpha value is -1.79. The third-order valence-electron chi connectivity index (χ3n) is 4.37. The summed E-state index contributed by atoms with van der Waals surface area (Å²) < 4.78 is 5.33. The molecule has 2 aliphatic rings. The Morgan fingerprint density at radius 2 is 1.48 bits per heavy atom. The van der Waals surface area contributed by atoms with Crippen molar-refractivity contribution in [3.8, 4) is 0 Å². The van der Waals surface area contributed by atoms with Crippen LogP contribution in [0.15, 0.2) is 0 Å². The third-order valence-corrected chi connectivity index (χ3v) is 4.37. The minimum Gasteiger partial charge on any atom is -0.481 e. The molecule has 2 fully saturated rings. The Kier molecular flexibility index (Phi) is 5.16. The summed E-state index contributed by atoms with van der Waals surface area (Å²) in [6.07, 6.45) is 1.29. The van der Waals surface area contributed by atoms with Crippen LogP contribution in [0.25, 0.3) is 0 Å². The van der Waals surface area contributed by atoms with Gasteiger partial charge in [-0.1, -0.05) is 0 Å². The van der Waals surface area contributed by atoms with Gasteiger partial charge in [-0.05, 0) is 40.0 Å². The first kappa shape index (κ1) is 17.6. The fourth-order valence-corrected chi connectivity index (χ4v) is 3.12. The third kappa shape index (κ3) is 4.59. The van der Waals surface area contributed by atoms with Gasteiger partial charge in [-0.15, -0.1) is 0 Å².